The van der Waals surface area contributed by atoms with Gasteiger partial charge in [0.25, 0.3) is 5.91 Å². The van der Waals surface area contributed by atoms with Crippen LogP contribution in [0.2, 0.25) is 0 Å². The molecule has 2 aliphatic heterocycles. The second-order valence-electron chi connectivity index (χ2n) is 7.44. The van der Waals surface area contributed by atoms with Gasteiger partial charge in [-0.3, -0.25) is 9.48 Å². The van der Waals surface area contributed by atoms with Crippen LogP contribution in [0.5, 0.6) is 0 Å². The van der Waals surface area contributed by atoms with Crippen LogP contribution in [-0.2, 0) is 6.54 Å². The van der Waals surface area contributed by atoms with E-state index >= 15 is 0 Å². The van der Waals surface area contributed by atoms with Crippen molar-refractivity contribution in [1.29, 1.82) is 0 Å². The number of nitrogens with one attached hydrogen (secondary N) is 1. The van der Waals surface area contributed by atoms with Gasteiger partial charge in [-0.15, -0.1) is 0 Å². The van der Waals surface area contributed by atoms with Crippen LogP contribution in [0.25, 0.3) is 0 Å². The lowest BCUT2D eigenvalue weighted by atomic mass is 9.78. The number of hydrogen-bond donors (Lipinski definition) is 1. The first kappa shape index (κ1) is 15.5. The topological polar surface area (TPSA) is 50.2 Å². The molecule has 3 heterocycles. The molecule has 22 heavy (non-hydrogen) atoms. The summed E-state index contributed by atoms with van der Waals surface area (Å²) in [7, 11) is 0. The highest BCUT2D eigenvalue weighted by molar-refractivity contribution is 5.95. The predicted molar refractivity (Wildman–Crippen MR) is 86.9 cm³/mol. The number of aromatic nitrogens is 2. The summed E-state index contributed by atoms with van der Waals surface area (Å²) < 4.78 is 1.96. The van der Waals surface area contributed by atoms with Crippen molar-refractivity contribution < 1.29 is 4.79 Å². The fraction of sp³-hybridized carbons (Fsp3) is 0.765. The largest absolute Gasteiger partial charge is 0.339 e. The predicted octanol–water partition coefficient (Wildman–Crippen LogP) is 2.06. The molecule has 0 aromatic carbocycles. The smallest absolute Gasteiger partial charge is 0.257 e. The van der Waals surface area contributed by atoms with Gasteiger partial charge in [-0.05, 0) is 44.1 Å². The van der Waals surface area contributed by atoms with Crippen molar-refractivity contribution in [3.8, 4) is 0 Å². The summed E-state index contributed by atoms with van der Waals surface area (Å²) in [6.07, 6.45) is 5.28. The number of piperidine rings is 1. The number of likely N-dealkylation sites (tertiary alicyclic amines) is 1. The number of hydrogen-bond acceptors (Lipinski definition) is 3. The van der Waals surface area contributed by atoms with Crippen molar-refractivity contribution in [2.45, 2.75) is 46.6 Å². The second kappa shape index (κ2) is 6.03. The monoisotopic (exact) mass is 304 g/mol. The Labute approximate surface area is 133 Å². The fourth-order valence-electron chi connectivity index (χ4n) is 3.76. The summed E-state index contributed by atoms with van der Waals surface area (Å²) >= 11 is 0. The van der Waals surface area contributed by atoms with Crippen LogP contribution in [-0.4, -0.2) is 46.8 Å². The van der Waals surface area contributed by atoms with Crippen molar-refractivity contribution in [3.63, 3.8) is 0 Å². The quantitative estimate of drug-likeness (QED) is 0.930. The molecule has 3 rings (SSSR count). The van der Waals surface area contributed by atoms with Crippen LogP contribution in [0.15, 0.2) is 6.20 Å². The zero-order valence-electron chi connectivity index (χ0n) is 14.1. The van der Waals surface area contributed by atoms with E-state index in [1.807, 2.05) is 16.5 Å². The minimum Gasteiger partial charge on any atom is -0.339 e. The van der Waals surface area contributed by atoms with E-state index in [1.165, 1.54) is 6.42 Å². The highest BCUT2D eigenvalue weighted by atomic mass is 16.2. The third kappa shape index (κ3) is 2.91. The van der Waals surface area contributed by atoms with E-state index in [4.69, 9.17) is 0 Å². The zero-order chi connectivity index (χ0) is 15.7. The van der Waals surface area contributed by atoms with Gasteiger partial charge in [0.15, 0.2) is 0 Å². The average molecular weight is 304 g/mol. The van der Waals surface area contributed by atoms with Gasteiger partial charge in [-0.2, -0.15) is 5.10 Å². The Morgan fingerprint density at radius 2 is 2.09 bits per heavy atom. The van der Waals surface area contributed by atoms with Gasteiger partial charge >= 0.3 is 0 Å². The third-order valence-electron chi connectivity index (χ3n) is 5.32. The van der Waals surface area contributed by atoms with Crippen molar-refractivity contribution in [2.24, 2.45) is 11.3 Å². The summed E-state index contributed by atoms with van der Waals surface area (Å²) in [6.45, 7) is 11.2. The van der Waals surface area contributed by atoms with E-state index < -0.39 is 0 Å². The Balaban J connectivity index is 1.66. The SMILES string of the molecule is Cc1c(C(=O)N2CCC3(CCNC3)CC2)cnn1CC(C)C. The van der Waals surface area contributed by atoms with Crippen LogP contribution in [0.3, 0.4) is 0 Å². The highest BCUT2D eigenvalue weighted by Gasteiger charge is 2.38. The van der Waals surface area contributed by atoms with E-state index in [0.717, 1.165) is 56.8 Å². The first-order chi connectivity index (χ1) is 10.5. The summed E-state index contributed by atoms with van der Waals surface area (Å²) in [5.41, 5.74) is 2.23. The minimum atomic E-state index is 0.160. The van der Waals surface area contributed by atoms with E-state index in [2.05, 4.69) is 24.3 Å². The van der Waals surface area contributed by atoms with Crippen LogP contribution < -0.4 is 5.32 Å². The number of carbonyl (C=O) groups is 1. The summed E-state index contributed by atoms with van der Waals surface area (Å²) in [5.74, 6) is 0.694. The zero-order valence-corrected chi connectivity index (χ0v) is 14.1. The number of carbonyl (C=O) groups excluding carboxylic acids is 1. The van der Waals surface area contributed by atoms with Gasteiger partial charge in [-0.1, -0.05) is 13.8 Å². The summed E-state index contributed by atoms with van der Waals surface area (Å²) in [5, 5.41) is 7.87. The lowest BCUT2D eigenvalue weighted by Crippen LogP contribution is -2.44. The van der Waals surface area contributed by atoms with E-state index in [0.29, 0.717) is 11.3 Å². The molecule has 0 aliphatic carbocycles. The summed E-state index contributed by atoms with van der Waals surface area (Å²) in [4.78, 5) is 14.8. The fourth-order valence-corrected chi connectivity index (χ4v) is 3.76. The maximum Gasteiger partial charge on any atom is 0.257 e. The third-order valence-corrected chi connectivity index (χ3v) is 5.32. The molecule has 122 valence electrons. The van der Waals surface area contributed by atoms with Crippen LogP contribution in [0.4, 0.5) is 0 Å². The highest BCUT2D eigenvalue weighted by Crippen LogP contribution is 2.37. The van der Waals surface area contributed by atoms with Gasteiger partial charge in [0.05, 0.1) is 11.8 Å². The first-order valence-corrected chi connectivity index (χ1v) is 8.53. The molecule has 2 fully saturated rings. The molecule has 0 bridgehead atoms. The molecule has 2 saturated heterocycles. The Bertz CT molecular complexity index is 533. The van der Waals surface area contributed by atoms with Crippen LogP contribution >= 0.6 is 0 Å². The Morgan fingerprint density at radius 1 is 1.36 bits per heavy atom. The molecular formula is C17H28N4O. The van der Waals surface area contributed by atoms with Gasteiger partial charge < -0.3 is 10.2 Å². The second-order valence-corrected chi connectivity index (χ2v) is 7.44. The van der Waals surface area contributed by atoms with E-state index in [-0.39, 0.29) is 5.91 Å². The Hall–Kier alpha value is -1.36. The molecule has 1 aromatic rings. The number of nitrogens with zero attached hydrogens (tertiary/aromatic N) is 3. The molecule has 0 atom stereocenters. The van der Waals surface area contributed by atoms with Gasteiger partial charge in [0.1, 0.15) is 0 Å². The van der Waals surface area contributed by atoms with E-state index in [1.54, 1.807) is 6.20 Å². The average Bonchev–Trinajstić information content (AvgIpc) is 3.07. The molecular weight excluding hydrogens is 276 g/mol. The van der Waals surface area contributed by atoms with Crippen molar-refractivity contribution in [3.05, 3.63) is 17.5 Å². The Morgan fingerprint density at radius 3 is 2.68 bits per heavy atom. The lowest BCUT2D eigenvalue weighted by molar-refractivity contribution is 0.0607. The molecule has 0 radical (unpaired) electrons. The van der Waals surface area contributed by atoms with Crippen molar-refractivity contribution in [2.75, 3.05) is 26.2 Å². The molecule has 1 spiro atoms. The molecule has 1 amide bonds. The van der Waals surface area contributed by atoms with Crippen molar-refractivity contribution in [1.82, 2.24) is 20.0 Å². The number of amides is 1. The minimum absolute atomic E-state index is 0.160. The molecule has 1 N–H and O–H groups in total. The summed E-state index contributed by atoms with van der Waals surface area (Å²) in [6, 6.07) is 0. The molecule has 5 nitrogen and oxygen atoms in total. The van der Waals surface area contributed by atoms with Gasteiger partial charge in [0, 0.05) is 31.9 Å². The maximum atomic E-state index is 12.8. The molecule has 0 unspecified atom stereocenters. The number of rotatable bonds is 3. The maximum absolute atomic E-state index is 12.8. The lowest BCUT2D eigenvalue weighted by Gasteiger charge is -2.38. The van der Waals surface area contributed by atoms with Gasteiger partial charge in [-0.25, -0.2) is 0 Å². The van der Waals surface area contributed by atoms with Crippen LogP contribution in [0.1, 0.15) is 49.2 Å². The first-order valence-electron chi connectivity index (χ1n) is 8.53. The van der Waals surface area contributed by atoms with E-state index in [9.17, 15) is 4.79 Å². The Kier molecular flexibility index (Phi) is 4.26. The standard InChI is InChI=1S/C17H28N4O/c1-13(2)11-21-14(3)15(10-19-21)16(22)20-8-5-17(6-9-20)4-7-18-12-17/h10,13,18H,4-9,11-12H2,1-3H3. The van der Waals surface area contributed by atoms with Crippen molar-refractivity contribution >= 4 is 5.91 Å². The normalized spacial score (nSPS) is 21.0. The van der Waals surface area contributed by atoms with Gasteiger partial charge in [0.2, 0.25) is 0 Å². The molecule has 1 aromatic heterocycles. The molecule has 5 heteroatoms. The molecule has 0 saturated carbocycles. The van der Waals surface area contributed by atoms with Crippen LogP contribution in [0, 0.1) is 18.3 Å². The molecule has 2 aliphatic rings.